The smallest absolute Gasteiger partial charge is 0.216 e. The zero-order valence-electron chi connectivity index (χ0n) is 14.2. The highest BCUT2D eigenvalue weighted by atomic mass is 19.1. The van der Waals surface area contributed by atoms with Crippen molar-refractivity contribution in [3.63, 3.8) is 0 Å². The molecule has 4 rings (SSSR count). The highest BCUT2D eigenvalue weighted by Gasteiger charge is 2.15. The normalized spacial score (nSPS) is 10.8. The van der Waals surface area contributed by atoms with Crippen LogP contribution in [0.3, 0.4) is 0 Å². The second kappa shape index (κ2) is 7.07. The van der Waals surface area contributed by atoms with Gasteiger partial charge in [0.05, 0.1) is 17.5 Å². The van der Waals surface area contributed by atoms with Gasteiger partial charge in [0.1, 0.15) is 17.3 Å². The maximum absolute atomic E-state index is 14.3. The summed E-state index contributed by atoms with van der Waals surface area (Å²) in [6.45, 7) is 0. The molecule has 138 valence electrons. The Labute approximate surface area is 157 Å². The van der Waals surface area contributed by atoms with Crippen LogP contribution in [0.4, 0.5) is 13.2 Å². The van der Waals surface area contributed by atoms with Crippen LogP contribution in [0.1, 0.15) is 0 Å². The van der Waals surface area contributed by atoms with Crippen LogP contribution in [0, 0.1) is 22.7 Å². The second-order valence-corrected chi connectivity index (χ2v) is 5.92. The third kappa shape index (κ3) is 3.27. The predicted molar refractivity (Wildman–Crippen MR) is 95.0 cm³/mol. The van der Waals surface area contributed by atoms with Gasteiger partial charge in [-0.15, -0.1) is 0 Å². The van der Waals surface area contributed by atoms with Crippen LogP contribution in [0.5, 0.6) is 0 Å². The summed E-state index contributed by atoms with van der Waals surface area (Å²) >= 11 is 0. The predicted octanol–water partition coefficient (Wildman–Crippen LogP) is 3.92. The van der Waals surface area contributed by atoms with E-state index in [9.17, 15) is 18.4 Å². The van der Waals surface area contributed by atoms with E-state index in [1.807, 2.05) is 0 Å². The molecule has 1 aromatic carbocycles. The molecule has 28 heavy (non-hydrogen) atoms. The van der Waals surface area contributed by atoms with E-state index in [1.165, 1.54) is 48.8 Å². The van der Waals surface area contributed by atoms with Gasteiger partial charge in [0.2, 0.25) is 6.20 Å². The summed E-state index contributed by atoms with van der Waals surface area (Å²) in [5.41, 5.74) is 1.21. The molecule has 0 aliphatic heterocycles. The van der Waals surface area contributed by atoms with E-state index >= 15 is 0 Å². The molecule has 0 saturated carbocycles. The van der Waals surface area contributed by atoms with Gasteiger partial charge in [-0.1, -0.05) is 6.07 Å². The van der Waals surface area contributed by atoms with Crippen LogP contribution in [0.15, 0.2) is 67.3 Å². The lowest BCUT2D eigenvalue weighted by molar-refractivity contribution is -0.607. The standard InChI is InChI=1S/C20H11F3N4O/c21-16-4-3-12(8-15(16)20-17(22)2-1-6-24-20)13-9-19(26-25-10-13)14-5-7-27(28)11-18(14)23/h1-11H. The highest BCUT2D eigenvalue weighted by molar-refractivity contribution is 5.74. The summed E-state index contributed by atoms with van der Waals surface area (Å²) in [4.78, 5) is 3.90. The van der Waals surface area contributed by atoms with Crippen molar-refractivity contribution >= 4 is 0 Å². The Morgan fingerprint density at radius 3 is 2.50 bits per heavy atom. The molecule has 0 unspecified atom stereocenters. The summed E-state index contributed by atoms with van der Waals surface area (Å²) in [7, 11) is 0. The third-order valence-electron chi connectivity index (χ3n) is 4.13. The topological polar surface area (TPSA) is 65.6 Å². The number of aromatic nitrogens is 4. The highest BCUT2D eigenvalue weighted by Crippen LogP contribution is 2.30. The van der Waals surface area contributed by atoms with Crippen LogP contribution in [-0.2, 0) is 0 Å². The summed E-state index contributed by atoms with van der Waals surface area (Å²) in [6, 6.07) is 9.58. The number of nitrogens with zero attached hydrogens (tertiary/aromatic N) is 4. The van der Waals surface area contributed by atoms with Crippen LogP contribution in [0.25, 0.3) is 33.6 Å². The first-order valence-electron chi connectivity index (χ1n) is 8.15. The number of rotatable bonds is 3. The minimum atomic E-state index is -0.751. The molecule has 0 bridgehead atoms. The van der Waals surface area contributed by atoms with Crippen LogP contribution >= 0.6 is 0 Å². The van der Waals surface area contributed by atoms with E-state index in [0.29, 0.717) is 15.9 Å². The lowest BCUT2D eigenvalue weighted by Crippen LogP contribution is -2.25. The Morgan fingerprint density at radius 2 is 1.71 bits per heavy atom. The van der Waals surface area contributed by atoms with E-state index in [1.54, 1.807) is 6.07 Å². The first-order valence-corrected chi connectivity index (χ1v) is 8.15. The molecule has 0 fully saturated rings. The van der Waals surface area contributed by atoms with Crippen molar-refractivity contribution in [2.45, 2.75) is 0 Å². The zero-order valence-corrected chi connectivity index (χ0v) is 14.2. The maximum Gasteiger partial charge on any atom is 0.216 e. The van der Waals surface area contributed by atoms with Crippen LogP contribution in [0.2, 0.25) is 0 Å². The Morgan fingerprint density at radius 1 is 0.857 bits per heavy atom. The molecular formula is C20H11F3N4O. The average Bonchev–Trinajstić information content (AvgIpc) is 2.69. The zero-order chi connectivity index (χ0) is 19.7. The van der Waals surface area contributed by atoms with Gasteiger partial charge >= 0.3 is 0 Å². The Hall–Kier alpha value is -3.81. The number of benzene rings is 1. The van der Waals surface area contributed by atoms with Crippen LogP contribution < -0.4 is 4.73 Å². The summed E-state index contributed by atoms with van der Waals surface area (Å²) in [5, 5.41) is 18.9. The van der Waals surface area contributed by atoms with Crippen LogP contribution in [-0.4, -0.2) is 15.2 Å². The number of pyridine rings is 2. The molecule has 0 N–H and O–H groups in total. The number of hydrogen-bond donors (Lipinski definition) is 0. The van der Waals surface area contributed by atoms with E-state index < -0.39 is 17.5 Å². The Kier molecular flexibility index (Phi) is 4.44. The molecule has 8 heteroatoms. The maximum atomic E-state index is 14.3. The molecule has 0 saturated heterocycles. The minimum Gasteiger partial charge on any atom is -0.619 e. The summed E-state index contributed by atoms with van der Waals surface area (Å²) in [6.07, 6.45) is 4.72. The van der Waals surface area contributed by atoms with E-state index in [-0.39, 0.29) is 22.5 Å². The SMILES string of the molecule is [O-][n+]1ccc(-c2cc(-c3ccc(F)c(-c4ncccc4F)c3)cnn2)c(F)c1. The fourth-order valence-corrected chi connectivity index (χ4v) is 2.79. The molecule has 0 amide bonds. The molecule has 4 aromatic rings. The monoisotopic (exact) mass is 380 g/mol. The van der Waals surface area contributed by atoms with Crippen molar-refractivity contribution in [1.29, 1.82) is 0 Å². The molecule has 0 aliphatic carbocycles. The summed E-state index contributed by atoms with van der Waals surface area (Å²) < 4.78 is 42.7. The van der Waals surface area contributed by atoms with Gasteiger partial charge in [0.25, 0.3) is 0 Å². The van der Waals surface area contributed by atoms with Gasteiger partial charge < -0.3 is 5.21 Å². The van der Waals surface area contributed by atoms with Crippen molar-refractivity contribution in [3.8, 4) is 33.6 Å². The molecule has 5 nitrogen and oxygen atoms in total. The summed E-state index contributed by atoms with van der Waals surface area (Å²) in [5.74, 6) is -2.03. The fourth-order valence-electron chi connectivity index (χ4n) is 2.79. The van der Waals surface area contributed by atoms with Gasteiger partial charge in [-0.25, -0.2) is 8.78 Å². The molecule has 0 aliphatic rings. The van der Waals surface area contributed by atoms with E-state index in [0.717, 1.165) is 12.4 Å². The Balaban J connectivity index is 1.80. The van der Waals surface area contributed by atoms with Crippen molar-refractivity contribution in [3.05, 3.63) is 89.9 Å². The molecule has 3 aromatic heterocycles. The molecule has 3 heterocycles. The van der Waals surface area contributed by atoms with Crippen molar-refractivity contribution in [2.24, 2.45) is 0 Å². The minimum absolute atomic E-state index is 0.00718. The van der Waals surface area contributed by atoms with Gasteiger partial charge in [0.15, 0.2) is 12.0 Å². The quantitative estimate of drug-likeness (QED) is 0.399. The average molecular weight is 380 g/mol. The molecule has 0 spiro atoms. The number of halogens is 3. The molecular weight excluding hydrogens is 369 g/mol. The van der Waals surface area contributed by atoms with Gasteiger partial charge in [-0.3, -0.25) is 4.98 Å². The Bertz CT molecular complexity index is 1180. The van der Waals surface area contributed by atoms with Gasteiger partial charge in [-0.2, -0.15) is 19.3 Å². The lowest BCUT2D eigenvalue weighted by atomic mass is 10.0. The third-order valence-corrected chi connectivity index (χ3v) is 4.13. The van der Waals surface area contributed by atoms with Crippen molar-refractivity contribution in [2.75, 3.05) is 0 Å². The first-order chi connectivity index (χ1) is 13.5. The second-order valence-electron chi connectivity index (χ2n) is 5.92. The largest absolute Gasteiger partial charge is 0.619 e. The molecule has 0 radical (unpaired) electrons. The fraction of sp³-hybridized carbons (Fsp3) is 0. The van der Waals surface area contributed by atoms with Gasteiger partial charge in [-0.05, 0) is 35.9 Å². The van der Waals surface area contributed by atoms with Crippen molar-refractivity contribution < 1.29 is 17.9 Å². The lowest BCUT2D eigenvalue weighted by Gasteiger charge is -2.09. The molecule has 0 atom stereocenters. The van der Waals surface area contributed by atoms with E-state index in [4.69, 9.17) is 0 Å². The number of hydrogen-bond acceptors (Lipinski definition) is 4. The first kappa shape index (κ1) is 17.6. The van der Waals surface area contributed by atoms with Crippen molar-refractivity contribution in [1.82, 2.24) is 15.2 Å². The van der Waals surface area contributed by atoms with E-state index in [2.05, 4.69) is 15.2 Å². The van der Waals surface area contributed by atoms with Gasteiger partial charge in [0, 0.05) is 23.4 Å².